The zero-order valence-corrected chi connectivity index (χ0v) is 12.4. The lowest BCUT2D eigenvalue weighted by atomic mass is 10.2. The third kappa shape index (κ3) is 3.94. The summed E-state index contributed by atoms with van der Waals surface area (Å²) in [5.74, 6) is 0. The molecule has 0 fully saturated rings. The van der Waals surface area contributed by atoms with E-state index in [1.165, 1.54) is 0 Å². The van der Waals surface area contributed by atoms with E-state index in [2.05, 4.69) is 10.6 Å². The van der Waals surface area contributed by atoms with Crippen molar-refractivity contribution >= 4 is 17.1 Å². The summed E-state index contributed by atoms with van der Waals surface area (Å²) >= 11 is 0. The number of nitro groups is 2. The molecule has 0 atom stereocenters. The second-order valence-corrected chi connectivity index (χ2v) is 5.15. The van der Waals surface area contributed by atoms with E-state index in [1.54, 1.807) is 24.3 Å². The fourth-order valence-electron chi connectivity index (χ4n) is 1.82. The molecule has 2 aromatic rings. The maximum Gasteiger partial charge on any atom is 0.472 e. The zero-order chi connectivity index (χ0) is 16.9. The standard InChI is InChI=1S/C15H16N4O4/c1-15(18(20)21,19(22)23)11-16-12-7-9-14(10-8-12)17-13-5-3-2-4-6-13/h2-10,16-17H,11H2,1H3. The molecule has 0 unspecified atom stereocenters. The predicted molar refractivity (Wildman–Crippen MR) is 87.1 cm³/mol. The Morgan fingerprint density at radius 1 is 0.870 bits per heavy atom. The molecular weight excluding hydrogens is 300 g/mol. The van der Waals surface area contributed by atoms with Gasteiger partial charge in [0.1, 0.15) is 9.85 Å². The number of hydrogen-bond donors (Lipinski definition) is 2. The molecule has 0 saturated heterocycles. The highest BCUT2D eigenvalue weighted by Crippen LogP contribution is 2.19. The fourth-order valence-corrected chi connectivity index (χ4v) is 1.82. The molecule has 2 rings (SSSR count). The number of benzene rings is 2. The predicted octanol–water partition coefficient (Wildman–Crippen LogP) is 3.11. The van der Waals surface area contributed by atoms with Gasteiger partial charge >= 0.3 is 5.66 Å². The van der Waals surface area contributed by atoms with Crippen molar-refractivity contribution in [3.8, 4) is 0 Å². The van der Waals surface area contributed by atoms with Crippen LogP contribution in [0, 0.1) is 20.2 Å². The number of hydrogen-bond acceptors (Lipinski definition) is 6. The molecular formula is C15H16N4O4. The molecule has 2 aromatic carbocycles. The minimum atomic E-state index is -2.26. The van der Waals surface area contributed by atoms with Crippen molar-refractivity contribution in [1.82, 2.24) is 0 Å². The molecule has 8 nitrogen and oxygen atoms in total. The van der Waals surface area contributed by atoms with Gasteiger partial charge in [0.05, 0.1) is 6.92 Å². The van der Waals surface area contributed by atoms with Gasteiger partial charge in [-0.15, -0.1) is 0 Å². The molecule has 0 saturated carbocycles. The van der Waals surface area contributed by atoms with Crippen LogP contribution >= 0.6 is 0 Å². The maximum absolute atomic E-state index is 10.9. The Morgan fingerprint density at radius 2 is 1.35 bits per heavy atom. The molecule has 0 aliphatic heterocycles. The van der Waals surface area contributed by atoms with Crippen LogP contribution in [0.2, 0.25) is 0 Å². The van der Waals surface area contributed by atoms with E-state index >= 15 is 0 Å². The largest absolute Gasteiger partial charge is 0.472 e. The van der Waals surface area contributed by atoms with Crippen molar-refractivity contribution in [3.05, 3.63) is 74.8 Å². The van der Waals surface area contributed by atoms with Crippen LogP contribution in [0.4, 0.5) is 17.1 Å². The van der Waals surface area contributed by atoms with Crippen molar-refractivity contribution in [2.45, 2.75) is 12.6 Å². The molecule has 120 valence electrons. The smallest absolute Gasteiger partial charge is 0.372 e. The monoisotopic (exact) mass is 316 g/mol. The summed E-state index contributed by atoms with van der Waals surface area (Å²) in [7, 11) is 0. The Balaban J connectivity index is 2.00. The highest BCUT2D eigenvalue weighted by molar-refractivity contribution is 5.62. The Labute approximate surface area is 132 Å². The van der Waals surface area contributed by atoms with Crippen LogP contribution < -0.4 is 10.6 Å². The summed E-state index contributed by atoms with van der Waals surface area (Å²) < 4.78 is 0. The quantitative estimate of drug-likeness (QED) is 0.461. The second-order valence-electron chi connectivity index (χ2n) is 5.15. The van der Waals surface area contributed by atoms with Crippen LogP contribution in [0.5, 0.6) is 0 Å². The van der Waals surface area contributed by atoms with Gasteiger partial charge in [0.25, 0.3) is 0 Å². The van der Waals surface area contributed by atoms with Gasteiger partial charge in [-0.3, -0.25) is 20.2 Å². The molecule has 8 heteroatoms. The zero-order valence-electron chi connectivity index (χ0n) is 12.4. The van der Waals surface area contributed by atoms with Gasteiger partial charge in [-0.1, -0.05) is 18.2 Å². The summed E-state index contributed by atoms with van der Waals surface area (Å²) in [6.07, 6.45) is 0. The first-order valence-corrected chi connectivity index (χ1v) is 6.87. The number of anilines is 3. The molecule has 23 heavy (non-hydrogen) atoms. The van der Waals surface area contributed by atoms with Gasteiger partial charge in [-0.05, 0) is 36.4 Å². The molecule has 0 heterocycles. The minimum absolute atomic E-state index is 0.404. The third-order valence-electron chi connectivity index (χ3n) is 3.36. The Morgan fingerprint density at radius 3 is 1.87 bits per heavy atom. The summed E-state index contributed by atoms with van der Waals surface area (Å²) in [5, 5.41) is 27.6. The van der Waals surface area contributed by atoms with Crippen molar-refractivity contribution in [2.24, 2.45) is 0 Å². The second kappa shape index (κ2) is 6.73. The van der Waals surface area contributed by atoms with E-state index in [4.69, 9.17) is 0 Å². The fraction of sp³-hybridized carbons (Fsp3) is 0.200. The van der Waals surface area contributed by atoms with Crippen molar-refractivity contribution < 1.29 is 9.85 Å². The Bertz CT molecular complexity index is 674. The van der Waals surface area contributed by atoms with Crippen LogP contribution in [0.3, 0.4) is 0 Å². The summed E-state index contributed by atoms with van der Waals surface area (Å²) in [6, 6.07) is 16.5. The van der Waals surface area contributed by atoms with E-state index in [9.17, 15) is 20.2 Å². The molecule has 0 bridgehead atoms. The van der Waals surface area contributed by atoms with Gasteiger partial charge in [0.2, 0.25) is 0 Å². The Kier molecular flexibility index (Phi) is 4.75. The number of nitrogens with one attached hydrogen (secondary N) is 2. The average Bonchev–Trinajstić information content (AvgIpc) is 2.54. The molecule has 0 aromatic heterocycles. The average molecular weight is 316 g/mol. The molecule has 0 amide bonds. The molecule has 0 aliphatic carbocycles. The first-order valence-electron chi connectivity index (χ1n) is 6.87. The summed E-state index contributed by atoms with van der Waals surface area (Å²) in [4.78, 5) is 19.9. The van der Waals surface area contributed by atoms with Gasteiger partial charge in [0.15, 0.2) is 6.54 Å². The van der Waals surface area contributed by atoms with Crippen LogP contribution in [-0.2, 0) is 0 Å². The number of rotatable bonds is 7. The molecule has 2 N–H and O–H groups in total. The normalized spacial score (nSPS) is 10.8. The van der Waals surface area contributed by atoms with Crippen LogP contribution in [0.15, 0.2) is 54.6 Å². The topological polar surface area (TPSA) is 110 Å². The third-order valence-corrected chi connectivity index (χ3v) is 3.36. The van der Waals surface area contributed by atoms with E-state index in [0.717, 1.165) is 18.3 Å². The van der Waals surface area contributed by atoms with E-state index in [0.29, 0.717) is 5.69 Å². The number of nitrogens with zero attached hydrogens (tertiary/aromatic N) is 2. The molecule has 0 radical (unpaired) electrons. The lowest BCUT2D eigenvalue weighted by Crippen LogP contribution is -2.48. The Hall–Kier alpha value is -3.16. The van der Waals surface area contributed by atoms with Crippen molar-refractivity contribution in [1.29, 1.82) is 0 Å². The lowest BCUT2D eigenvalue weighted by Gasteiger charge is -2.14. The molecule has 0 spiro atoms. The van der Waals surface area contributed by atoms with Gasteiger partial charge in [-0.25, -0.2) is 0 Å². The van der Waals surface area contributed by atoms with E-state index in [-0.39, 0.29) is 0 Å². The minimum Gasteiger partial charge on any atom is -0.372 e. The van der Waals surface area contributed by atoms with Gasteiger partial charge < -0.3 is 10.6 Å². The van der Waals surface area contributed by atoms with E-state index in [1.807, 2.05) is 30.3 Å². The summed E-state index contributed by atoms with van der Waals surface area (Å²) in [5.41, 5.74) is 0.0788. The van der Waals surface area contributed by atoms with Gasteiger partial charge in [-0.2, -0.15) is 0 Å². The first-order chi connectivity index (χ1) is 10.9. The highest BCUT2D eigenvalue weighted by atomic mass is 16.7. The highest BCUT2D eigenvalue weighted by Gasteiger charge is 2.50. The van der Waals surface area contributed by atoms with Gasteiger partial charge in [0, 0.05) is 17.1 Å². The van der Waals surface area contributed by atoms with Crippen molar-refractivity contribution in [3.63, 3.8) is 0 Å². The van der Waals surface area contributed by atoms with Crippen LogP contribution in [-0.4, -0.2) is 22.1 Å². The van der Waals surface area contributed by atoms with Crippen LogP contribution in [0.1, 0.15) is 6.92 Å². The van der Waals surface area contributed by atoms with Crippen molar-refractivity contribution in [2.75, 3.05) is 17.2 Å². The van der Waals surface area contributed by atoms with Crippen LogP contribution in [0.25, 0.3) is 0 Å². The first kappa shape index (κ1) is 16.2. The van der Waals surface area contributed by atoms with E-state index < -0.39 is 22.1 Å². The molecule has 0 aliphatic rings. The lowest BCUT2D eigenvalue weighted by molar-refractivity contribution is -0.787. The SMILES string of the molecule is CC(CNc1ccc(Nc2ccccc2)cc1)([N+](=O)[O-])[N+](=O)[O-]. The summed E-state index contributed by atoms with van der Waals surface area (Å²) in [6.45, 7) is 0.573. The maximum atomic E-state index is 10.9. The number of para-hydroxylation sites is 1.